The van der Waals surface area contributed by atoms with Crippen molar-refractivity contribution in [1.82, 2.24) is 10.6 Å². The van der Waals surface area contributed by atoms with Gasteiger partial charge in [0.25, 0.3) is 0 Å². The maximum Gasteiger partial charge on any atom is 0.234 e. The summed E-state index contributed by atoms with van der Waals surface area (Å²) in [5, 5.41) is 15.5. The Hall–Kier alpha value is -0.650. The molecule has 0 heterocycles. The van der Waals surface area contributed by atoms with Gasteiger partial charge in [0.2, 0.25) is 5.91 Å². The second-order valence-corrected chi connectivity index (χ2v) is 4.46. The summed E-state index contributed by atoms with van der Waals surface area (Å²) in [5.41, 5.74) is -0.785. The summed E-state index contributed by atoms with van der Waals surface area (Å²) in [4.78, 5) is 11.3. The lowest BCUT2D eigenvalue weighted by molar-refractivity contribution is -0.120. The highest BCUT2D eigenvalue weighted by Crippen LogP contribution is 2.13. The van der Waals surface area contributed by atoms with E-state index < -0.39 is 5.60 Å². The predicted molar refractivity (Wildman–Crippen MR) is 63.2 cm³/mol. The molecule has 0 aromatic heterocycles. The van der Waals surface area contributed by atoms with Crippen LogP contribution in [-0.4, -0.2) is 50.0 Å². The fourth-order valence-electron chi connectivity index (χ4n) is 0.988. The first-order chi connectivity index (χ1) is 7.40. The summed E-state index contributed by atoms with van der Waals surface area (Å²) in [5.74, 6) is 0.0631. The van der Waals surface area contributed by atoms with Crippen LogP contribution >= 0.6 is 0 Å². The number of ether oxygens (including phenoxy) is 1. The molecule has 0 aromatic carbocycles. The number of aliphatic hydroxyl groups is 1. The number of carbonyl (C=O) groups is 1. The van der Waals surface area contributed by atoms with Gasteiger partial charge < -0.3 is 20.5 Å². The van der Waals surface area contributed by atoms with Crippen LogP contribution in [0.2, 0.25) is 0 Å². The topological polar surface area (TPSA) is 70.6 Å². The van der Waals surface area contributed by atoms with Gasteiger partial charge in [-0.05, 0) is 12.8 Å². The average molecular weight is 232 g/mol. The first-order valence-electron chi connectivity index (χ1n) is 5.59. The van der Waals surface area contributed by atoms with Crippen LogP contribution in [0.1, 0.15) is 20.8 Å². The Balaban J connectivity index is 3.61. The number of hydrogen-bond donors (Lipinski definition) is 3. The summed E-state index contributed by atoms with van der Waals surface area (Å²) in [6, 6.07) is 0. The molecule has 0 bridgehead atoms. The molecular weight excluding hydrogens is 208 g/mol. The quantitative estimate of drug-likeness (QED) is 0.505. The molecular formula is C11H24N2O3. The zero-order valence-corrected chi connectivity index (χ0v) is 10.7. The second-order valence-electron chi connectivity index (χ2n) is 4.46. The molecule has 5 heteroatoms. The minimum absolute atomic E-state index is 0.0865. The van der Waals surface area contributed by atoms with Crippen molar-refractivity contribution in [2.45, 2.75) is 26.4 Å². The summed E-state index contributed by atoms with van der Waals surface area (Å²) in [7, 11) is 1.59. The van der Waals surface area contributed by atoms with Gasteiger partial charge in [-0.1, -0.05) is 13.8 Å². The normalized spacial score (nSPS) is 14.9. The van der Waals surface area contributed by atoms with Crippen molar-refractivity contribution in [2.75, 3.05) is 33.4 Å². The molecule has 0 spiro atoms. The molecule has 3 N–H and O–H groups in total. The minimum atomic E-state index is -0.785. The largest absolute Gasteiger partial charge is 0.389 e. The van der Waals surface area contributed by atoms with Crippen molar-refractivity contribution in [3.63, 3.8) is 0 Å². The van der Waals surface area contributed by atoms with E-state index in [-0.39, 0.29) is 18.4 Å². The maximum atomic E-state index is 11.3. The van der Waals surface area contributed by atoms with E-state index >= 15 is 0 Å². The molecule has 0 aliphatic heterocycles. The van der Waals surface area contributed by atoms with Gasteiger partial charge in [0.15, 0.2) is 0 Å². The Morgan fingerprint density at radius 1 is 1.50 bits per heavy atom. The molecule has 0 radical (unpaired) electrons. The van der Waals surface area contributed by atoms with Crippen molar-refractivity contribution < 1.29 is 14.6 Å². The molecule has 1 amide bonds. The van der Waals surface area contributed by atoms with Gasteiger partial charge in [-0.3, -0.25) is 4.79 Å². The summed E-state index contributed by atoms with van der Waals surface area (Å²) in [6.45, 7) is 7.29. The fourth-order valence-corrected chi connectivity index (χ4v) is 0.988. The van der Waals surface area contributed by atoms with Crippen LogP contribution in [0.15, 0.2) is 0 Å². The smallest absolute Gasteiger partial charge is 0.234 e. The average Bonchev–Trinajstić information content (AvgIpc) is 2.17. The molecule has 1 unspecified atom stereocenters. The van der Waals surface area contributed by atoms with Crippen LogP contribution in [0.4, 0.5) is 0 Å². The Kier molecular flexibility index (Phi) is 7.29. The van der Waals surface area contributed by atoms with E-state index in [2.05, 4.69) is 10.6 Å². The summed E-state index contributed by atoms with van der Waals surface area (Å²) >= 11 is 0. The molecule has 0 aliphatic carbocycles. The predicted octanol–water partition coefficient (Wildman–Crippen LogP) is -0.254. The number of nitrogens with one attached hydrogen (secondary N) is 2. The van der Waals surface area contributed by atoms with Crippen molar-refractivity contribution in [1.29, 1.82) is 0 Å². The van der Waals surface area contributed by atoms with E-state index in [1.807, 2.05) is 13.8 Å². The summed E-state index contributed by atoms with van der Waals surface area (Å²) < 4.78 is 4.81. The molecule has 0 fully saturated rings. The van der Waals surface area contributed by atoms with Gasteiger partial charge in [0.05, 0.1) is 18.8 Å². The molecule has 0 saturated carbocycles. The van der Waals surface area contributed by atoms with E-state index in [1.54, 1.807) is 14.0 Å². The molecule has 0 rings (SSSR count). The Bertz CT molecular complexity index is 205. The standard InChI is InChI=1S/C11H24N2O3/c1-9(2)11(3,15)8-12-7-10(14)13-5-6-16-4/h9,12,15H,5-8H2,1-4H3,(H,13,14). The highest BCUT2D eigenvalue weighted by Gasteiger charge is 2.24. The Morgan fingerprint density at radius 3 is 2.62 bits per heavy atom. The van der Waals surface area contributed by atoms with Crippen LogP contribution in [0.25, 0.3) is 0 Å². The third-order valence-corrected chi connectivity index (χ3v) is 2.64. The SMILES string of the molecule is COCCNC(=O)CNCC(C)(O)C(C)C. The molecule has 16 heavy (non-hydrogen) atoms. The lowest BCUT2D eigenvalue weighted by Crippen LogP contribution is -2.45. The Labute approximate surface area is 97.6 Å². The van der Waals surface area contributed by atoms with Crippen LogP contribution < -0.4 is 10.6 Å². The first-order valence-corrected chi connectivity index (χ1v) is 5.59. The zero-order chi connectivity index (χ0) is 12.6. The maximum absolute atomic E-state index is 11.3. The first kappa shape index (κ1) is 15.3. The third kappa shape index (κ3) is 6.76. The molecule has 0 aliphatic rings. The van der Waals surface area contributed by atoms with E-state index in [9.17, 15) is 9.90 Å². The fraction of sp³-hybridized carbons (Fsp3) is 0.909. The van der Waals surface area contributed by atoms with Gasteiger partial charge in [0.1, 0.15) is 0 Å². The number of carbonyl (C=O) groups excluding carboxylic acids is 1. The number of amides is 1. The van der Waals surface area contributed by atoms with Gasteiger partial charge in [-0.15, -0.1) is 0 Å². The van der Waals surface area contributed by atoms with Gasteiger partial charge in [0, 0.05) is 20.2 Å². The van der Waals surface area contributed by atoms with E-state index in [0.29, 0.717) is 19.7 Å². The number of hydrogen-bond acceptors (Lipinski definition) is 4. The van der Waals surface area contributed by atoms with Gasteiger partial charge in [-0.25, -0.2) is 0 Å². The lowest BCUT2D eigenvalue weighted by Gasteiger charge is -2.27. The van der Waals surface area contributed by atoms with E-state index in [1.165, 1.54) is 0 Å². The number of methoxy groups -OCH3 is 1. The van der Waals surface area contributed by atoms with Crippen LogP contribution in [-0.2, 0) is 9.53 Å². The van der Waals surface area contributed by atoms with Crippen molar-refractivity contribution >= 4 is 5.91 Å². The monoisotopic (exact) mass is 232 g/mol. The van der Waals surface area contributed by atoms with E-state index in [0.717, 1.165) is 0 Å². The molecule has 0 saturated heterocycles. The van der Waals surface area contributed by atoms with Gasteiger partial charge in [-0.2, -0.15) is 0 Å². The third-order valence-electron chi connectivity index (χ3n) is 2.64. The summed E-state index contributed by atoms with van der Waals surface area (Å²) in [6.07, 6.45) is 0. The molecule has 0 aromatic rings. The highest BCUT2D eigenvalue weighted by atomic mass is 16.5. The van der Waals surface area contributed by atoms with E-state index in [4.69, 9.17) is 4.74 Å². The lowest BCUT2D eigenvalue weighted by atomic mass is 9.93. The number of rotatable bonds is 8. The van der Waals surface area contributed by atoms with Crippen LogP contribution in [0, 0.1) is 5.92 Å². The van der Waals surface area contributed by atoms with Gasteiger partial charge >= 0.3 is 0 Å². The molecule has 96 valence electrons. The highest BCUT2D eigenvalue weighted by molar-refractivity contribution is 5.77. The zero-order valence-electron chi connectivity index (χ0n) is 10.7. The van der Waals surface area contributed by atoms with Crippen molar-refractivity contribution in [3.05, 3.63) is 0 Å². The second kappa shape index (κ2) is 7.60. The molecule has 5 nitrogen and oxygen atoms in total. The Morgan fingerprint density at radius 2 is 2.12 bits per heavy atom. The van der Waals surface area contributed by atoms with Crippen molar-refractivity contribution in [3.8, 4) is 0 Å². The van der Waals surface area contributed by atoms with Crippen molar-refractivity contribution in [2.24, 2.45) is 5.92 Å². The van der Waals surface area contributed by atoms with Crippen LogP contribution in [0.5, 0.6) is 0 Å². The minimum Gasteiger partial charge on any atom is -0.389 e. The van der Waals surface area contributed by atoms with Crippen LogP contribution in [0.3, 0.4) is 0 Å². The molecule has 1 atom stereocenters.